The Bertz CT molecular complexity index is 542. The van der Waals surface area contributed by atoms with E-state index in [1.54, 1.807) is 24.3 Å². The van der Waals surface area contributed by atoms with E-state index < -0.39 is 10.0 Å². The van der Waals surface area contributed by atoms with E-state index in [0.29, 0.717) is 30.1 Å². The van der Waals surface area contributed by atoms with Gasteiger partial charge in [-0.1, -0.05) is 32.9 Å². The van der Waals surface area contributed by atoms with Crippen LogP contribution in [0.1, 0.15) is 31.9 Å². The lowest BCUT2D eigenvalue weighted by molar-refractivity contribution is 0.380. The van der Waals surface area contributed by atoms with Crippen LogP contribution in [0.25, 0.3) is 0 Å². The molecule has 0 aliphatic heterocycles. The summed E-state index contributed by atoms with van der Waals surface area (Å²) in [7, 11) is -3.29. The van der Waals surface area contributed by atoms with E-state index in [1.807, 2.05) is 26.8 Å². The van der Waals surface area contributed by atoms with Gasteiger partial charge in [0.25, 0.3) is 0 Å². The first-order chi connectivity index (χ1) is 8.89. The van der Waals surface area contributed by atoms with Gasteiger partial charge >= 0.3 is 0 Å². The quantitative estimate of drug-likeness (QED) is 0.803. The first-order valence-electron chi connectivity index (χ1n) is 6.36. The zero-order valence-electron chi connectivity index (χ0n) is 11.6. The molecule has 1 rings (SSSR count). The van der Waals surface area contributed by atoms with Crippen LogP contribution in [0.2, 0.25) is 0 Å². The molecule has 0 atom stereocenters. The first kappa shape index (κ1) is 15.7. The molecular weight excluding hydrogens is 260 g/mol. The maximum Gasteiger partial charge on any atom is 0.218 e. The summed E-state index contributed by atoms with van der Waals surface area (Å²) in [5, 5.41) is 8.71. The Hall–Kier alpha value is -1.38. The topological polar surface area (TPSA) is 61.2 Å². The largest absolute Gasteiger partial charge is 0.218 e. The number of hydrogen-bond donors (Lipinski definition) is 0. The third-order valence-electron chi connectivity index (χ3n) is 2.75. The Labute approximate surface area is 115 Å². The van der Waals surface area contributed by atoms with Crippen LogP contribution in [0.4, 0.5) is 0 Å². The van der Waals surface area contributed by atoms with Crippen LogP contribution in [-0.4, -0.2) is 25.8 Å². The third-order valence-corrected chi connectivity index (χ3v) is 4.64. The SMILES string of the molecule is CCN(CC(C)C)S(=O)(=O)Cc1ccc(C#N)cc1. The summed E-state index contributed by atoms with van der Waals surface area (Å²) in [5.74, 6) is 0.287. The van der Waals surface area contributed by atoms with E-state index in [0.717, 1.165) is 0 Å². The van der Waals surface area contributed by atoms with Crippen LogP contribution in [0.15, 0.2) is 24.3 Å². The van der Waals surface area contributed by atoms with E-state index in [2.05, 4.69) is 0 Å². The molecule has 0 unspecified atom stereocenters. The van der Waals surface area contributed by atoms with Crippen molar-refractivity contribution in [3.8, 4) is 6.07 Å². The van der Waals surface area contributed by atoms with Crippen LogP contribution < -0.4 is 0 Å². The monoisotopic (exact) mass is 280 g/mol. The van der Waals surface area contributed by atoms with Crippen molar-refractivity contribution >= 4 is 10.0 Å². The molecule has 0 aliphatic carbocycles. The summed E-state index contributed by atoms with van der Waals surface area (Å²) in [5.41, 5.74) is 1.25. The molecule has 1 aromatic carbocycles. The molecule has 0 amide bonds. The summed E-state index contributed by atoms with van der Waals surface area (Å²) in [6.07, 6.45) is 0. The molecule has 0 saturated carbocycles. The van der Waals surface area contributed by atoms with Gasteiger partial charge in [0.2, 0.25) is 10.0 Å². The number of nitriles is 1. The van der Waals surface area contributed by atoms with E-state index in [9.17, 15) is 8.42 Å². The molecule has 1 aromatic rings. The summed E-state index contributed by atoms with van der Waals surface area (Å²) in [6, 6.07) is 8.69. The van der Waals surface area contributed by atoms with Crippen LogP contribution in [-0.2, 0) is 15.8 Å². The predicted molar refractivity (Wildman–Crippen MR) is 75.9 cm³/mol. The fourth-order valence-electron chi connectivity index (χ4n) is 1.82. The summed E-state index contributed by atoms with van der Waals surface area (Å²) in [4.78, 5) is 0. The van der Waals surface area contributed by atoms with Gasteiger partial charge in [0.05, 0.1) is 17.4 Å². The smallest absolute Gasteiger partial charge is 0.212 e. The van der Waals surface area contributed by atoms with Gasteiger partial charge in [-0.15, -0.1) is 0 Å². The average Bonchev–Trinajstić information content (AvgIpc) is 2.36. The van der Waals surface area contributed by atoms with Crippen molar-refractivity contribution in [2.75, 3.05) is 13.1 Å². The van der Waals surface area contributed by atoms with E-state index in [1.165, 1.54) is 4.31 Å². The number of benzene rings is 1. The molecule has 0 heterocycles. The van der Waals surface area contributed by atoms with Crippen LogP contribution in [0, 0.1) is 17.2 Å². The van der Waals surface area contributed by atoms with Crippen molar-refractivity contribution < 1.29 is 8.42 Å². The minimum Gasteiger partial charge on any atom is -0.212 e. The Kier molecular flexibility index (Phi) is 5.52. The van der Waals surface area contributed by atoms with Gasteiger partial charge in [-0.25, -0.2) is 12.7 Å². The van der Waals surface area contributed by atoms with Crippen molar-refractivity contribution in [1.82, 2.24) is 4.31 Å². The lowest BCUT2D eigenvalue weighted by Gasteiger charge is -2.22. The van der Waals surface area contributed by atoms with Gasteiger partial charge in [0.15, 0.2) is 0 Å². The standard InChI is InChI=1S/C14H20N2O2S/c1-4-16(10-12(2)3)19(17,18)11-14-7-5-13(9-15)6-8-14/h5-8,12H,4,10-11H2,1-3H3. The van der Waals surface area contributed by atoms with Gasteiger partial charge in [0.1, 0.15) is 0 Å². The second-order valence-electron chi connectivity index (χ2n) is 4.91. The molecule has 0 aliphatic rings. The van der Waals surface area contributed by atoms with Crippen LogP contribution in [0.3, 0.4) is 0 Å². The Morgan fingerprint density at radius 3 is 2.26 bits per heavy atom. The highest BCUT2D eigenvalue weighted by molar-refractivity contribution is 7.88. The van der Waals surface area contributed by atoms with Crippen molar-refractivity contribution in [2.24, 2.45) is 5.92 Å². The Morgan fingerprint density at radius 1 is 1.26 bits per heavy atom. The van der Waals surface area contributed by atoms with Crippen molar-refractivity contribution in [1.29, 1.82) is 5.26 Å². The predicted octanol–water partition coefficient (Wildman–Crippen LogP) is 2.37. The highest BCUT2D eigenvalue weighted by Gasteiger charge is 2.21. The maximum absolute atomic E-state index is 12.3. The van der Waals surface area contributed by atoms with E-state index in [4.69, 9.17) is 5.26 Å². The van der Waals surface area contributed by atoms with Crippen molar-refractivity contribution in [3.63, 3.8) is 0 Å². The zero-order valence-corrected chi connectivity index (χ0v) is 12.4. The van der Waals surface area contributed by atoms with Gasteiger partial charge in [-0.2, -0.15) is 5.26 Å². The van der Waals surface area contributed by atoms with Gasteiger partial charge in [-0.3, -0.25) is 0 Å². The fourth-order valence-corrected chi connectivity index (χ4v) is 3.54. The second kappa shape index (κ2) is 6.69. The molecule has 0 fully saturated rings. The molecule has 5 heteroatoms. The second-order valence-corrected chi connectivity index (χ2v) is 6.88. The summed E-state index contributed by atoms with van der Waals surface area (Å²) >= 11 is 0. The number of hydrogen-bond acceptors (Lipinski definition) is 3. The lowest BCUT2D eigenvalue weighted by atomic mass is 10.2. The number of sulfonamides is 1. The Balaban J connectivity index is 2.85. The average molecular weight is 280 g/mol. The lowest BCUT2D eigenvalue weighted by Crippen LogP contribution is -2.34. The minimum atomic E-state index is -3.29. The molecule has 0 bridgehead atoms. The van der Waals surface area contributed by atoms with E-state index >= 15 is 0 Å². The molecule has 0 saturated heterocycles. The van der Waals surface area contributed by atoms with Crippen LogP contribution >= 0.6 is 0 Å². The normalized spacial score (nSPS) is 11.8. The van der Waals surface area contributed by atoms with E-state index in [-0.39, 0.29) is 5.75 Å². The molecule has 4 nitrogen and oxygen atoms in total. The van der Waals surface area contributed by atoms with Crippen molar-refractivity contribution in [3.05, 3.63) is 35.4 Å². The third kappa shape index (κ3) is 4.66. The molecular formula is C14H20N2O2S. The van der Waals surface area contributed by atoms with Gasteiger partial charge < -0.3 is 0 Å². The summed E-state index contributed by atoms with van der Waals surface area (Å²) < 4.78 is 26.1. The van der Waals surface area contributed by atoms with Gasteiger partial charge in [0, 0.05) is 13.1 Å². The zero-order chi connectivity index (χ0) is 14.5. The maximum atomic E-state index is 12.3. The molecule has 19 heavy (non-hydrogen) atoms. The number of rotatable bonds is 6. The molecule has 104 valence electrons. The Morgan fingerprint density at radius 2 is 1.84 bits per heavy atom. The molecule has 0 N–H and O–H groups in total. The number of nitrogens with zero attached hydrogens (tertiary/aromatic N) is 2. The minimum absolute atomic E-state index is 0.0146. The van der Waals surface area contributed by atoms with Crippen LogP contribution in [0.5, 0.6) is 0 Å². The molecule has 0 radical (unpaired) electrons. The molecule has 0 aromatic heterocycles. The van der Waals surface area contributed by atoms with Gasteiger partial charge in [-0.05, 0) is 23.6 Å². The highest BCUT2D eigenvalue weighted by Crippen LogP contribution is 2.13. The van der Waals surface area contributed by atoms with Crippen molar-refractivity contribution in [2.45, 2.75) is 26.5 Å². The highest BCUT2D eigenvalue weighted by atomic mass is 32.2. The first-order valence-corrected chi connectivity index (χ1v) is 7.96. The molecule has 0 spiro atoms. The fraction of sp³-hybridized carbons (Fsp3) is 0.500. The summed E-state index contributed by atoms with van der Waals surface area (Å²) in [6.45, 7) is 6.87.